The second-order valence-corrected chi connectivity index (χ2v) is 4.98. The Morgan fingerprint density at radius 3 is 2.76 bits per heavy atom. The molecule has 0 aliphatic rings. The monoisotopic (exact) mass is 285 g/mol. The largest absolute Gasteiger partial charge is 0.399 e. The van der Waals surface area contributed by atoms with Gasteiger partial charge in [-0.3, -0.25) is 9.59 Å². The first-order chi connectivity index (χ1) is 10.0. The lowest BCUT2D eigenvalue weighted by Gasteiger charge is -2.10. The third kappa shape index (κ3) is 3.51. The molecule has 5 heteroatoms. The van der Waals surface area contributed by atoms with Gasteiger partial charge in [0, 0.05) is 30.1 Å². The lowest BCUT2D eigenvalue weighted by Crippen LogP contribution is -2.20. The van der Waals surface area contributed by atoms with Crippen molar-refractivity contribution in [1.82, 2.24) is 4.57 Å². The summed E-state index contributed by atoms with van der Waals surface area (Å²) in [5.74, 6) is -0.235. The van der Waals surface area contributed by atoms with Crippen LogP contribution in [0.3, 0.4) is 0 Å². The minimum Gasteiger partial charge on any atom is -0.399 e. The Morgan fingerprint density at radius 2 is 2.05 bits per heavy atom. The topological polar surface area (TPSA) is 77.1 Å². The molecule has 0 saturated heterocycles. The summed E-state index contributed by atoms with van der Waals surface area (Å²) in [6, 6.07) is 8.27. The van der Waals surface area contributed by atoms with Gasteiger partial charge >= 0.3 is 0 Å². The molecule has 0 atom stereocenters. The fourth-order valence-electron chi connectivity index (χ4n) is 2.10. The van der Waals surface area contributed by atoms with Crippen LogP contribution in [0, 0.1) is 6.92 Å². The molecule has 1 aromatic heterocycles. The molecule has 0 saturated carbocycles. The first-order valence-electron chi connectivity index (χ1n) is 6.89. The summed E-state index contributed by atoms with van der Waals surface area (Å²) < 4.78 is 1.59. The van der Waals surface area contributed by atoms with Gasteiger partial charge in [0.2, 0.25) is 0 Å². The number of nitrogens with one attached hydrogen (secondary N) is 1. The maximum atomic E-state index is 12.3. The molecule has 1 aromatic carbocycles. The van der Waals surface area contributed by atoms with Crippen molar-refractivity contribution in [3.8, 4) is 0 Å². The molecule has 1 heterocycles. The number of nitrogen functional groups attached to an aromatic ring is 1. The molecule has 0 unspecified atom stereocenters. The van der Waals surface area contributed by atoms with E-state index < -0.39 is 0 Å². The molecular weight excluding hydrogens is 266 g/mol. The standard InChI is InChI=1S/C16H19N3O2/c1-3-8-19-10-13(6-7-15(19)20)18-16(21)14-9-12(17)5-4-11(14)2/h4-7,9-10H,3,8,17H2,1-2H3,(H,18,21). The molecule has 1 amide bonds. The second kappa shape index (κ2) is 6.26. The van der Waals surface area contributed by atoms with Crippen LogP contribution < -0.4 is 16.6 Å². The van der Waals surface area contributed by atoms with Gasteiger partial charge in [-0.15, -0.1) is 0 Å². The van der Waals surface area contributed by atoms with E-state index in [4.69, 9.17) is 5.73 Å². The fraction of sp³-hybridized carbons (Fsp3) is 0.250. The molecule has 0 aliphatic carbocycles. The van der Waals surface area contributed by atoms with Crippen molar-refractivity contribution < 1.29 is 4.79 Å². The third-order valence-electron chi connectivity index (χ3n) is 3.21. The Morgan fingerprint density at radius 1 is 1.29 bits per heavy atom. The number of benzene rings is 1. The molecule has 0 spiro atoms. The highest BCUT2D eigenvalue weighted by Crippen LogP contribution is 2.15. The van der Waals surface area contributed by atoms with Crippen LogP contribution in [0.5, 0.6) is 0 Å². The van der Waals surface area contributed by atoms with Gasteiger partial charge in [0.15, 0.2) is 0 Å². The predicted octanol–water partition coefficient (Wildman–Crippen LogP) is 2.40. The number of anilines is 2. The fourth-order valence-corrected chi connectivity index (χ4v) is 2.10. The van der Waals surface area contributed by atoms with E-state index >= 15 is 0 Å². The number of carbonyl (C=O) groups excluding carboxylic acids is 1. The van der Waals surface area contributed by atoms with E-state index in [0.29, 0.717) is 23.5 Å². The zero-order valence-electron chi connectivity index (χ0n) is 12.2. The third-order valence-corrected chi connectivity index (χ3v) is 3.21. The maximum Gasteiger partial charge on any atom is 0.256 e. The normalized spacial score (nSPS) is 10.4. The zero-order chi connectivity index (χ0) is 15.4. The van der Waals surface area contributed by atoms with Gasteiger partial charge in [-0.25, -0.2) is 0 Å². The van der Waals surface area contributed by atoms with Crippen molar-refractivity contribution in [2.75, 3.05) is 11.1 Å². The number of rotatable bonds is 4. The Balaban J connectivity index is 2.25. The van der Waals surface area contributed by atoms with Crippen molar-refractivity contribution in [3.63, 3.8) is 0 Å². The summed E-state index contributed by atoms with van der Waals surface area (Å²) in [6.45, 7) is 4.47. The van der Waals surface area contributed by atoms with Crippen molar-refractivity contribution in [2.45, 2.75) is 26.8 Å². The molecule has 0 aliphatic heterocycles. The quantitative estimate of drug-likeness (QED) is 0.847. The molecule has 2 rings (SSSR count). The minimum atomic E-state index is -0.235. The summed E-state index contributed by atoms with van der Waals surface area (Å²) in [5, 5.41) is 2.80. The lowest BCUT2D eigenvalue weighted by molar-refractivity contribution is 0.102. The van der Waals surface area contributed by atoms with E-state index in [0.717, 1.165) is 12.0 Å². The molecule has 5 nitrogen and oxygen atoms in total. The van der Waals surface area contributed by atoms with Crippen molar-refractivity contribution >= 4 is 17.3 Å². The second-order valence-electron chi connectivity index (χ2n) is 4.98. The number of nitrogens with zero attached hydrogens (tertiary/aromatic N) is 1. The van der Waals surface area contributed by atoms with Gasteiger partial charge < -0.3 is 15.6 Å². The summed E-state index contributed by atoms with van der Waals surface area (Å²) in [7, 11) is 0. The van der Waals surface area contributed by atoms with Gasteiger partial charge in [0.1, 0.15) is 0 Å². The average Bonchev–Trinajstić information content (AvgIpc) is 2.45. The van der Waals surface area contributed by atoms with Crippen LogP contribution in [0.1, 0.15) is 29.3 Å². The number of amides is 1. The number of pyridine rings is 1. The summed E-state index contributed by atoms with van der Waals surface area (Å²) in [6.07, 6.45) is 2.51. The van der Waals surface area contributed by atoms with Gasteiger partial charge in [-0.1, -0.05) is 13.0 Å². The number of hydrogen-bond donors (Lipinski definition) is 2. The lowest BCUT2D eigenvalue weighted by atomic mass is 10.1. The molecular formula is C16H19N3O2. The van der Waals surface area contributed by atoms with Crippen LogP contribution >= 0.6 is 0 Å². The molecule has 3 N–H and O–H groups in total. The van der Waals surface area contributed by atoms with E-state index in [-0.39, 0.29) is 11.5 Å². The summed E-state index contributed by atoms with van der Waals surface area (Å²) in [4.78, 5) is 23.9. The first-order valence-corrected chi connectivity index (χ1v) is 6.89. The number of aryl methyl sites for hydroxylation is 2. The van der Waals surface area contributed by atoms with Crippen LogP contribution in [0.4, 0.5) is 11.4 Å². The van der Waals surface area contributed by atoms with Crippen molar-refractivity contribution in [1.29, 1.82) is 0 Å². The van der Waals surface area contributed by atoms with E-state index in [2.05, 4.69) is 5.32 Å². The van der Waals surface area contributed by atoms with Crippen LogP contribution in [0.25, 0.3) is 0 Å². The minimum absolute atomic E-state index is 0.0741. The number of carbonyl (C=O) groups is 1. The Hall–Kier alpha value is -2.56. The highest BCUT2D eigenvalue weighted by molar-refractivity contribution is 6.05. The Bertz CT molecular complexity index is 720. The SMILES string of the molecule is CCCn1cc(NC(=O)c2cc(N)ccc2C)ccc1=O. The first kappa shape index (κ1) is 14.8. The summed E-state index contributed by atoms with van der Waals surface area (Å²) >= 11 is 0. The van der Waals surface area contributed by atoms with Gasteiger partial charge in [-0.05, 0) is 37.1 Å². The van der Waals surface area contributed by atoms with Crippen LogP contribution in [0.15, 0.2) is 41.3 Å². The average molecular weight is 285 g/mol. The summed E-state index contributed by atoms with van der Waals surface area (Å²) in [5.41, 5.74) is 8.16. The van der Waals surface area contributed by atoms with Crippen LogP contribution in [0.2, 0.25) is 0 Å². The van der Waals surface area contributed by atoms with Crippen molar-refractivity contribution in [3.05, 3.63) is 58.0 Å². The number of hydrogen-bond acceptors (Lipinski definition) is 3. The predicted molar refractivity (Wildman–Crippen MR) is 84.5 cm³/mol. The van der Waals surface area contributed by atoms with E-state index in [9.17, 15) is 9.59 Å². The molecule has 0 radical (unpaired) electrons. The smallest absolute Gasteiger partial charge is 0.256 e. The van der Waals surface area contributed by atoms with E-state index in [1.54, 1.807) is 29.0 Å². The number of nitrogens with two attached hydrogens (primary N) is 1. The number of aromatic nitrogens is 1. The Labute approximate surface area is 123 Å². The molecule has 2 aromatic rings. The molecule has 21 heavy (non-hydrogen) atoms. The molecule has 110 valence electrons. The highest BCUT2D eigenvalue weighted by Gasteiger charge is 2.10. The Kier molecular flexibility index (Phi) is 4.42. The van der Waals surface area contributed by atoms with Crippen LogP contribution in [-0.2, 0) is 6.54 Å². The van der Waals surface area contributed by atoms with E-state index in [1.807, 2.05) is 19.9 Å². The van der Waals surface area contributed by atoms with Gasteiger partial charge in [-0.2, -0.15) is 0 Å². The van der Waals surface area contributed by atoms with Gasteiger partial charge in [0.05, 0.1) is 5.69 Å². The maximum absolute atomic E-state index is 12.3. The van der Waals surface area contributed by atoms with E-state index in [1.165, 1.54) is 6.07 Å². The zero-order valence-corrected chi connectivity index (χ0v) is 12.2. The van der Waals surface area contributed by atoms with Gasteiger partial charge in [0.25, 0.3) is 11.5 Å². The molecule has 0 bridgehead atoms. The highest BCUT2D eigenvalue weighted by atomic mass is 16.1. The van der Waals surface area contributed by atoms with Crippen molar-refractivity contribution in [2.24, 2.45) is 0 Å². The van der Waals surface area contributed by atoms with Crippen LogP contribution in [-0.4, -0.2) is 10.5 Å². The molecule has 0 fully saturated rings.